The monoisotopic (exact) mass is 313 g/mol. The molecule has 0 aliphatic carbocycles. The second-order valence-electron chi connectivity index (χ2n) is 3.45. The molecular weight excluding hydrogens is 298 g/mol. The number of hydrogen-bond acceptors (Lipinski definition) is 3. The predicted octanol–water partition coefficient (Wildman–Crippen LogP) is 2.19. The van der Waals surface area contributed by atoms with Crippen LogP contribution in [-0.2, 0) is 6.54 Å². The van der Waals surface area contributed by atoms with Crippen LogP contribution in [-0.4, -0.2) is 24.2 Å². The summed E-state index contributed by atoms with van der Waals surface area (Å²) in [6.45, 7) is 6.81. The first-order valence-corrected chi connectivity index (χ1v) is 6.34. The molecule has 0 unspecified atom stereocenters. The van der Waals surface area contributed by atoms with E-state index in [1.807, 2.05) is 13.0 Å². The van der Waals surface area contributed by atoms with E-state index in [1.165, 1.54) is 0 Å². The van der Waals surface area contributed by atoms with E-state index in [1.54, 1.807) is 12.3 Å². The topological polar surface area (TPSA) is 63.2 Å². The minimum atomic E-state index is -0.262. The van der Waals surface area contributed by atoms with Crippen LogP contribution in [0.5, 0.6) is 5.88 Å². The number of pyridine rings is 1. The van der Waals surface area contributed by atoms with Crippen molar-refractivity contribution < 1.29 is 9.53 Å². The van der Waals surface area contributed by atoms with E-state index in [0.29, 0.717) is 30.1 Å². The van der Waals surface area contributed by atoms with Gasteiger partial charge >= 0.3 is 6.03 Å². The highest BCUT2D eigenvalue weighted by molar-refractivity contribution is 9.11. The summed E-state index contributed by atoms with van der Waals surface area (Å²) in [7, 11) is 0. The van der Waals surface area contributed by atoms with E-state index >= 15 is 0 Å². The molecule has 98 valence electrons. The van der Waals surface area contributed by atoms with Gasteiger partial charge in [-0.2, -0.15) is 0 Å². The number of hydrogen-bond donors (Lipinski definition) is 2. The van der Waals surface area contributed by atoms with Gasteiger partial charge < -0.3 is 15.4 Å². The molecule has 1 rings (SSSR count). The third-order valence-corrected chi connectivity index (χ3v) is 2.29. The Kier molecular flexibility index (Phi) is 6.21. The number of aromatic nitrogens is 1. The van der Waals surface area contributed by atoms with Crippen LogP contribution in [0.4, 0.5) is 4.79 Å². The number of urea groups is 1. The van der Waals surface area contributed by atoms with E-state index in [4.69, 9.17) is 4.74 Å². The molecular formula is C12H16BrN3O2. The van der Waals surface area contributed by atoms with E-state index in [0.717, 1.165) is 5.56 Å². The van der Waals surface area contributed by atoms with Crippen LogP contribution in [0.2, 0.25) is 0 Å². The number of carbonyl (C=O) groups is 1. The van der Waals surface area contributed by atoms with Crippen molar-refractivity contribution in [3.05, 3.63) is 35.0 Å². The summed E-state index contributed by atoms with van der Waals surface area (Å²) < 4.78 is 6.08. The van der Waals surface area contributed by atoms with Gasteiger partial charge in [0.25, 0.3) is 0 Å². The van der Waals surface area contributed by atoms with Crippen molar-refractivity contribution >= 4 is 22.0 Å². The Balaban J connectivity index is 2.47. The maximum atomic E-state index is 11.4. The molecule has 0 saturated heterocycles. The summed E-state index contributed by atoms with van der Waals surface area (Å²) in [5.41, 5.74) is 0.840. The maximum absolute atomic E-state index is 11.4. The summed E-state index contributed by atoms with van der Waals surface area (Å²) in [6, 6.07) is 3.40. The molecule has 0 spiro atoms. The lowest BCUT2D eigenvalue weighted by Gasteiger charge is -2.10. The summed E-state index contributed by atoms with van der Waals surface area (Å²) in [6.07, 6.45) is 1.66. The van der Waals surface area contributed by atoms with Crippen molar-refractivity contribution in [3.63, 3.8) is 0 Å². The van der Waals surface area contributed by atoms with Crippen molar-refractivity contribution in [2.24, 2.45) is 0 Å². The van der Waals surface area contributed by atoms with Crippen LogP contribution < -0.4 is 15.4 Å². The fourth-order valence-electron chi connectivity index (χ4n) is 1.24. The molecule has 6 heteroatoms. The first-order valence-electron chi connectivity index (χ1n) is 5.55. The van der Waals surface area contributed by atoms with Gasteiger partial charge in [-0.1, -0.05) is 28.6 Å². The largest absolute Gasteiger partial charge is 0.478 e. The van der Waals surface area contributed by atoms with Crippen LogP contribution in [0.15, 0.2) is 29.4 Å². The van der Waals surface area contributed by atoms with Gasteiger partial charge in [0.15, 0.2) is 0 Å². The molecule has 2 N–H and O–H groups in total. The smallest absolute Gasteiger partial charge is 0.315 e. The molecule has 0 atom stereocenters. The van der Waals surface area contributed by atoms with Gasteiger partial charge in [0.1, 0.15) is 0 Å². The van der Waals surface area contributed by atoms with Gasteiger partial charge in [-0.05, 0) is 13.0 Å². The molecule has 0 aromatic carbocycles. The van der Waals surface area contributed by atoms with E-state index in [9.17, 15) is 4.79 Å². The summed E-state index contributed by atoms with van der Waals surface area (Å²) >= 11 is 3.16. The average Bonchev–Trinajstić information content (AvgIpc) is 2.35. The fraction of sp³-hybridized carbons (Fsp3) is 0.333. The van der Waals surface area contributed by atoms with E-state index < -0.39 is 0 Å². The molecule has 0 fully saturated rings. The lowest BCUT2D eigenvalue weighted by Crippen LogP contribution is -2.35. The highest BCUT2D eigenvalue weighted by Gasteiger charge is 2.06. The van der Waals surface area contributed by atoms with Crippen LogP contribution in [0, 0.1) is 0 Å². The van der Waals surface area contributed by atoms with Crippen molar-refractivity contribution in [1.82, 2.24) is 15.6 Å². The van der Waals surface area contributed by atoms with Crippen molar-refractivity contribution in [3.8, 4) is 5.88 Å². The lowest BCUT2D eigenvalue weighted by atomic mass is 10.2. The minimum Gasteiger partial charge on any atom is -0.478 e. The molecule has 0 aliphatic heterocycles. The van der Waals surface area contributed by atoms with Gasteiger partial charge in [0.2, 0.25) is 5.88 Å². The van der Waals surface area contributed by atoms with E-state index in [2.05, 4.69) is 38.1 Å². The molecule has 0 radical (unpaired) electrons. The number of halogens is 1. The Labute approximate surface area is 115 Å². The first kappa shape index (κ1) is 14.5. The van der Waals surface area contributed by atoms with Crippen molar-refractivity contribution in [2.75, 3.05) is 13.2 Å². The Morgan fingerprint density at radius 1 is 1.56 bits per heavy atom. The summed E-state index contributed by atoms with van der Waals surface area (Å²) in [5.74, 6) is 0.546. The van der Waals surface area contributed by atoms with Gasteiger partial charge in [0.05, 0.1) is 13.2 Å². The van der Waals surface area contributed by atoms with Crippen molar-refractivity contribution in [1.29, 1.82) is 0 Å². The molecule has 0 aliphatic rings. The van der Waals surface area contributed by atoms with Crippen LogP contribution in [0.3, 0.4) is 0 Å². The predicted molar refractivity (Wildman–Crippen MR) is 73.7 cm³/mol. The maximum Gasteiger partial charge on any atom is 0.315 e. The highest BCUT2D eigenvalue weighted by Crippen LogP contribution is 2.13. The molecule has 2 amide bonds. The molecule has 1 aromatic rings. The summed E-state index contributed by atoms with van der Waals surface area (Å²) in [5, 5.41) is 5.37. The fourth-order valence-corrected chi connectivity index (χ4v) is 1.38. The first-order chi connectivity index (χ1) is 8.63. The summed E-state index contributed by atoms with van der Waals surface area (Å²) in [4.78, 5) is 15.5. The quantitative estimate of drug-likeness (QED) is 0.846. The van der Waals surface area contributed by atoms with Crippen LogP contribution in [0.1, 0.15) is 12.5 Å². The van der Waals surface area contributed by atoms with Gasteiger partial charge in [-0.3, -0.25) is 0 Å². The van der Waals surface area contributed by atoms with Crippen LogP contribution >= 0.6 is 15.9 Å². The second-order valence-corrected chi connectivity index (χ2v) is 4.58. The SMILES string of the molecule is C=C(Br)CNC(=O)NCc1cccnc1OCC. The zero-order valence-corrected chi connectivity index (χ0v) is 11.8. The number of ether oxygens (including phenoxy) is 1. The third kappa shape index (κ3) is 5.18. The molecule has 0 bridgehead atoms. The number of nitrogens with one attached hydrogen (secondary N) is 2. The van der Waals surface area contributed by atoms with Crippen LogP contribution in [0.25, 0.3) is 0 Å². The number of nitrogens with zero attached hydrogens (tertiary/aromatic N) is 1. The highest BCUT2D eigenvalue weighted by atomic mass is 79.9. The lowest BCUT2D eigenvalue weighted by molar-refractivity contribution is 0.241. The number of carbonyl (C=O) groups excluding carboxylic acids is 1. The molecule has 18 heavy (non-hydrogen) atoms. The third-order valence-electron chi connectivity index (χ3n) is 2.01. The molecule has 1 heterocycles. The van der Waals surface area contributed by atoms with Crippen molar-refractivity contribution in [2.45, 2.75) is 13.5 Å². The minimum absolute atomic E-state index is 0.262. The average molecular weight is 314 g/mol. The Bertz CT molecular complexity index is 424. The molecule has 0 saturated carbocycles. The molecule has 5 nitrogen and oxygen atoms in total. The number of amides is 2. The zero-order chi connectivity index (χ0) is 13.4. The zero-order valence-electron chi connectivity index (χ0n) is 10.2. The Hall–Kier alpha value is -1.56. The molecule has 1 aromatic heterocycles. The van der Waals surface area contributed by atoms with Gasteiger partial charge in [-0.15, -0.1) is 0 Å². The Morgan fingerprint density at radius 2 is 2.33 bits per heavy atom. The van der Waals surface area contributed by atoms with Gasteiger partial charge in [0, 0.05) is 22.8 Å². The standard InChI is InChI=1S/C12H16BrN3O2/c1-3-18-11-10(5-4-6-14-11)8-16-12(17)15-7-9(2)13/h4-6H,2-3,7-8H2,1H3,(H2,15,16,17). The van der Waals surface area contributed by atoms with Gasteiger partial charge in [-0.25, -0.2) is 9.78 Å². The number of rotatable bonds is 6. The second kappa shape index (κ2) is 7.71. The normalized spacial score (nSPS) is 9.67. The van der Waals surface area contributed by atoms with E-state index in [-0.39, 0.29) is 6.03 Å². The Morgan fingerprint density at radius 3 is 3.00 bits per heavy atom.